The Hall–Kier alpha value is -1.80. The Labute approximate surface area is 148 Å². The van der Waals surface area contributed by atoms with Crippen LogP contribution in [0.3, 0.4) is 0 Å². The first-order chi connectivity index (χ1) is 11.6. The van der Waals surface area contributed by atoms with Crippen LogP contribution in [0.5, 0.6) is 0 Å². The zero-order chi connectivity index (χ0) is 18.8. The molecule has 0 aromatic heterocycles. The summed E-state index contributed by atoms with van der Waals surface area (Å²) in [5, 5.41) is -0.454. The van der Waals surface area contributed by atoms with E-state index in [0.717, 1.165) is 17.0 Å². The third kappa shape index (κ3) is 4.85. The molecule has 0 N–H and O–H groups in total. The van der Waals surface area contributed by atoms with Gasteiger partial charge in [0.15, 0.2) is 0 Å². The molecule has 2 rings (SSSR count). The Bertz CT molecular complexity index is 659. The van der Waals surface area contributed by atoms with Crippen LogP contribution in [0.25, 0.3) is 0 Å². The van der Waals surface area contributed by atoms with Crippen LogP contribution in [-0.2, 0) is 15.8 Å². The van der Waals surface area contributed by atoms with Gasteiger partial charge in [-0.1, -0.05) is 11.6 Å². The summed E-state index contributed by atoms with van der Waals surface area (Å²) in [6, 6.07) is 3.17. The summed E-state index contributed by atoms with van der Waals surface area (Å²) < 4.78 is 39.0. The molecule has 0 aliphatic carbocycles. The van der Waals surface area contributed by atoms with E-state index in [1.54, 1.807) is 4.90 Å². The summed E-state index contributed by atoms with van der Waals surface area (Å²) >= 11 is 5.60. The predicted octanol–water partition coefficient (Wildman–Crippen LogP) is 2.49. The van der Waals surface area contributed by atoms with E-state index in [9.17, 15) is 22.8 Å². The monoisotopic (exact) mass is 377 g/mol. The minimum absolute atomic E-state index is 0.00768. The number of hydrogen-bond donors (Lipinski definition) is 0. The SMILES string of the molecule is CC(=O)N(CC(=O)N1CCN(C)CC1)c1ccc(Cl)c(C(F)(F)F)c1. The third-order valence-corrected chi connectivity index (χ3v) is 4.43. The normalized spacial score (nSPS) is 16.0. The van der Waals surface area contributed by atoms with Gasteiger partial charge in [-0.2, -0.15) is 13.2 Å². The van der Waals surface area contributed by atoms with Crippen molar-refractivity contribution in [1.29, 1.82) is 0 Å². The molecule has 5 nitrogen and oxygen atoms in total. The number of piperazine rings is 1. The van der Waals surface area contributed by atoms with Gasteiger partial charge in [-0.3, -0.25) is 9.59 Å². The molecule has 0 saturated carbocycles. The van der Waals surface area contributed by atoms with E-state index < -0.39 is 22.7 Å². The fraction of sp³-hybridized carbons (Fsp3) is 0.500. The maximum absolute atomic E-state index is 13.0. The van der Waals surface area contributed by atoms with Crippen molar-refractivity contribution < 1.29 is 22.8 Å². The highest BCUT2D eigenvalue weighted by Crippen LogP contribution is 2.37. The van der Waals surface area contributed by atoms with Gasteiger partial charge in [0.2, 0.25) is 11.8 Å². The van der Waals surface area contributed by atoms with Gasteiger partial charge in [0, 0.05) is 38.8 Å². The zero-order valence-corrected chi connectivity index (χ0v) is 14.7. The number of anilines is 1. The van der Waals surface area contributed by atoms with Crippen LogP contribution in [0.2, 0.25) is 5.02 Å². The maximum atomic E-state index is 13.0. The van der Waals surface area contributed by atoms with Crippen LogP contribution in [0.1, 0.15) is 12.5 Å². The van der Waals surface area contributed by atoms with E-state index in [4.69, 9.17) is 11.6 Å². The first-order valence-electron chi connectivity index (χ1n) is 7.70. The lowest BCUT2D eigenvalue weighted by Gasteiger charge is -2.34. The summed E-state index contributed by atoms with van der Waals surface area (Å²) in [4.78, 5) is 29.0. The van der Waals surface area contributed by atoms with Crippen LogP contribution >= 0.6 is 11.6 Å². The highest BCUT2D eigenvalue weighted by atomic mass is 35.5. The average molecular weight is 378 g/mol. The lowest BCUT2D eigenvalue weighted by molar-refractivity contribution is -0.137. The molecule has 0 unspecified atom stereocenters. The van der Waals surface area contributed by atoms with Gasteiger partial charge in [0.05, 0.1) is 10.6 Å². The number of alkyl halides is 3. The van der Waals surface area contributed by atoms with E-state index in [2.05, 4.69) is 4.90 Å². The highest BCUT2D eigenvalue weighted by Gasteiger charge is 2.34. The summed E-state index contributed by atoms with van der Waals surface area (Å²) in [7, 11) is 1.94. The smallest absolute Gasteiger partial charge is 0.339 e. The number of amides is 2. The van der Waals surface area contributed by atoms with E-state index in [1.807, 2.05) is 7.05 Å². The summed E-state index contributed by atoms with van der Waals surface area (Å²) in [5.74, 6) is -0.815. The second kappa shape index (κ2) is 7.61. The molecule has 0 spiro atoms. The van der Waals surface area contributed by atoms with Crippen LogP contribution < -0.4 is 4.90 Å². The molecule has 2 amide bonds. The maximum Gasteiger partial charge on any atom is 0.417 e. The summed E-state index contributed by atoms with van der Waals surface area (Å²) in [6.07, 6.45) is -4.64. The van der Waals surface area contributed by atoms with Crippen molar-refractivity contribution in [3.8, 4) is 0 Å². The van der Waals surface area contributed by atoms with Crippen LogP contribution in [0.15, 0.2) is 18.2 Å². The van der Waals surface area contributed by atoms with Gasteiger partial charge in [0.25, 0.3) is 0 Å². The summed E-state index contributed by atoms with van der Waals surface area (Å²) in [6.45, 7) is 3.37. The number of likely N-dealkylation sites (N-methyl/N-ethyl adjacent to an activating group) is 1. The molecule has 25 heavy (non-hydrogen) atoms. The Morgan fingerprint density at radius 1 is 1.20 bits per heavy atom. The number of carbonyl (C=O) groups is 2. The number of hydrogen-bond acceptors (Lipinski definition) is 3. The van der Waals surface area contributed by atoms with Crippen molar-refractivity contribution in [1.82, 2.24) is 9.80 Å². The second-order valence-corrected chi connectivity index (χ2v) is 6.36. The number of halogens is 4. The molecule has 0 bridgehead atoms. The third-order valence-electron chi connectivity index (χ3n) is 4.10. The number of benzene rings is 1. The van der Waals surface area contributed by atoms with Crippen LogP contribution in [-0.4, -0.2) is 61.4 Å². The Balaban J connectivity index is 2.21. The first-order valence-corrected chi connectivity index (χ1v) is 8.08. The van der Waals surface area contributed by atoms with Gasteiger partial charge in [-0.25, -0.2) is 0 Å². The summed E-state index contributed by atoms with van der Waals surface area (Å²) in [5.41, 5.74) is -1.04. The Morgan fingerprint density at radius 2 is 1.80 bits per heavy atom. The largest absolute Gasteiger partial charge is 0.417 e. The molecule has 9 heteroatoms. The topological polar surface area (TPSA) is 43.9 Å². The first kappa shape index (κ1) is 19.5. The van der Waals surface area contributed by atoms with E-state index in [-0.39, 0.29) is 18.1 Å². The van der Waals surface area contributed by atoms with Crippen LogP contribution in [0.4, 0.5) is 18.9 Å². The van der Waals surface area contributed by atoms with E-state index in [0.29, 0.717) is 26.2 Å². The Morgan fingerprint density at radius 3 is 2.32 bits per heavy atom. The fourth-order valence-electron chi connectivity index (χ4n) is 2.57. The fourth-order valence-corrected chi connectivity index (χ4v) is 2.80. The van der Waals surface area contributed by atoms with Crippen LogP contribution in [0, 0.1) is 0 Å². The second-order valence-electron chi connectivity index (χ2n) is 5.95. The van der Waals surface area contributed by atoms with E-state index >= 15 is 0 Å². The molecule has 1 saturated heterocycles. The highest BCUT2D eigenvalue weighted by molar-refractivity contribution is 6.31. The number of carbonyl (C=O) groups excluding carboxylic acids is 2. The molecule has 1 fully saturated rings. The number of nitrogens with zero attached hydrogens (tertiary/aromatic N) is 3. The minimum atomic E-state index is -4.64. The lowest BCUT2D eigenvalue weighted by Crippen LogP contribution is -2.50. The molecular weight excluding hydrogens is 359 g/mol. The quantitative estimate of drug-likeness (QED) is 0.813. The molecule has 1 heterocycles. The Kier molecular flexibility index (Phi) is 5.95. The molecule has 1 aromatic carbocycles. The molecule has 1 aliphatic rings. The molecule has 138 valence electrons. The van der Waals surface area contributed by atoms with Gasteiger partial charge in [0.1, 0.15) is 6.54 Å². The average Bonchev–Trinajstić information content (AvgIpc) is 2.52. The molecule has 0 atom stereocenters. The minimum Gasteiger partial charge on any atom is -0.339 e. The van der Waals surface area contributed by atoms with Gasteiger partial charge >= 0.3 is 6.18 Å². The van der Waals surface area contributed by atoms with Gasteiger partial charge in [-0.05, 0) is 25.2 Å². The van der Waals surface area contributed by atoms with Crippen molar-refractivity contribution in [2.75, 3.05) is 44.7 Å². The molecule has 0 radical (unpaired) electrons. The predicted molar refractivity (Wildman–Crippen MR) is 88.6 cm³/mol. The van der Waals surface area contributed by atoms with Crippen molar-refractivity contribution in [3.05, 3.63) is 28.8 Å². The van der Waals surface area contributed by atoms with Crippen molar-refractivity contribution in [3.63, 3.8) is 0 Å². The lowest BCUT2D eigenvalue weighted by atomic mass is 10.1. The van der Waals surface area contributed by atoms with Crippen molar-refractivity contribution in [2.45, 2.75) is 13.1 Å². The zero-order valence-electron chi connectivity index (χ0n) is 13.9. The van der Waals surface area contributed by atoms with Gasteiger partial charge in [-0.15, -0.1) is 0 Å². The molecular formula is C16H19ClF3N3O2. The van der Waals surface area contributed by atoms with Gasteiger partial charge < -0.3 is 14.7 Å². The van der Waals surface area contributed by atoms with Crippen molar-refractivity contribution in [2.24, 2.45) is 0 Å². The molecule has 1 aliphatic heterocycles. The standard InChI is InChI=1S/C16H19ClF3N3O2/c1-11(24)23(10-15(25)22-7-5-21(2)6-8-22)12-3-4-14(17)13(9-12)16(18,19)20/h3-4,9H,5-8,10H2,1-2H3. The van der Waals surface area contributed by atoms with Crippen molar-refractivity contribution >= 4 is 29.1 Å². The van der Waals surface area contributed by atoms with E-state index in [1.165, 1.54) is 13.0 Å². The number of rotatable bonds is 3. The molecule has 1 aromatic rings.